The van der Waals surface area contributed by atoms with E-state index in [1.54, 1.807) is 0 Å². The molecule has 37 heavy (non-hydrogen) atoms. The number of hydrogen-bond donors (Lipinski definition) is 2. The summed E-state index contributed by atoms with van der Waals surface area (Å²) in [6.45, 7) is 14.9. The zero-order valence-electron chi connectivity index (χ0n) is 25.6. The highest BCUT2D eigenvalue weighted by Crippen LogP contribution is 2.67. The summed E-state index contributed by atoms with van der Waals surface area (Å²) in [4.78, 5) is 0. The van der Waals surface area contributed by atoms with Crippen LogP contribution < -0.4 is 11.1 Å². The second kappa shape index (κ2) is 13.3. The molecule has 3 saturated carbocycles. The van der Waals surface area contributed by atoms with E-state index < -0.39 is 0 Å². The van der Waals surface area contributed by atoms with Crippen molar-refractivity contribution in [2.75, 3.05) is 13.1 Å². The summed E-state index contributed by atoms with van der Waals surface area (Å²) in [6, 6.07) is 0.633. The molecule has 0 heterocycles. The zero-order valence-corrected chi connectivity index (χ0v) is 25.6. The van der Waals surface area contributed by atoms with E-state index in [1.807, 2.05) is 5.57 Å². The molecular weight excluding hydrogens is 448 g/mol. The summed E-state index contributed by atoms with van der Waals surface area (Å²) >= 11 is 0. The van der Waals surface area contributed by atoms with E-state index in [4.69, 9.17) is 5.73 Å². The summed E-state index contributed by atoms with van der Waals surface area (Å²) in [5, 5.41) is 3.93. The van der Waals surface area contributed by atoms with Gasteiger partial charge in [0.2, 0.25) is 0 Å². The van der Waals surface area contributed by atoms with E-state index in [9.17, 15) is 0 Å². The Morgan fingerprint density at radius 3 is 2.35 bits per heavy atom. The maximum Gasteiger partial charge on any atom is 0.0253 e. The molecule has 4 aliphatic rings. The van der Waals surface area contributed by atoms with Crippen LogP contribution >= 0.6 is 0 Å². The van der Waals surface area contributed by atoms with Crippen LogP contribution in [-0.2, 0) is 0 Å². The first-order valence-electron chi connectivity index (χ1n) is 16.9. The Hall–Kier alpha value is -0.340. The van der Waals surface area contributed by atoms with Crippen molar-refractivity contribution in [2.24, 2.45) is 52.1 Å². The lowest BCUT2D eigenvalue weighted by Crippen LogP contribution is -2.51. The molecular formula is C35H64N2. The van der Waals surface area contributed by atoms with E-state index in [-0.39, 0.29) is 0 Å². The van der Waals surface area contributed by atoms with Gasteiger partial charge in [0.25, 0.3) is 0 Å². The average molecular weight is 513 g/mol. The lowest BCUT2D eigenvalue weighted by molar-refractivity contribution is -0.0599. The summed E-state index contributed by atoms with van der Waals surface area (Å²) < 4.78 is 0. The van der Waals surface area contributed by atoms with Crippen molar-refractivity contribution in [3.05, 3.63) is 11.6 Å². The van der Waals surface area contributed by atoms with E-state index in [0.717, 1.165) is 42.1 Å². The molecule has 8 atom stereocenters. The van der Waals surface area contributed by atoms with Gasteiger partial charge in [-0.2, -0.15) is 0 Å². The first-order chi connectivity index (χ1) is 17.8. The Labute approximate surface area is 231 Å². The van der Waals surface area contributed by atoms with Crippen molar-refractivity contribution in [3.8, 4) is 0 Å². The summed E-state index contributed by atoms with van der Waals surface area (Å²) in [7, 11) is 0. The van der Waals surface area contributed by atoms with Gasteiger partial charge < -0.3 is 11.1 Å². The third-order valence-corrected chi connectivity index (χ3v) is 12.4. The predicted octanol–water partition coefficient (Wildman–Crippen LogP) is 9.29. The molecule has 3 fully saturated rings. The quantitative estimate of drug-likeness (QED) is 0.180. The molecule has 0 bridgehead atoms. The van der Waals surface area contributed by atoms with Crippen molar-refractivity contribution in [1.29, 1.82) is 0 Å². The predicted molar refractivity (Wildman–Crippen MR) is 162 cm³/mol. The van der Waals surface area contributed by atoms with Crippen LogP contribution in [0.4, 0.5) is 0 Å². The second-order valence-corrected chi connectivity index (χ2v) is 15.1. The summed E-state index contributed by atoms with van der Waals surface area (Å²) in [5.74, 6) is 5.72. The lowest BCUT2D eigenvalue weighted by Gasteiger charge is -2.59. The monoisotopic (exact) mass is 513 g/mol. The van der Waals surface area contributed by atoms with Crippen LogP contribution in [0.2, 0.25) is 0 Å². The Bertz CT molecular complexity index is 727. The number of allylic oxidation sites excluding steroid dienone is 1. The molecule has 0 aromatic rings. The fourth-order valence-electron chi connectivity index (χ4n) is 10.2. The highest BCUT2D eigenvalue weighted by Gasteiger charge is 2.59. The van der Waals surface area contributed by atoms with Crippen LogP contribution in [0.25, 0.3) is 0 Å². The average Bonchev–Trinajstić information content (AvgIpc) is 3.22. The van der Waals surface area contributed by atoms with Gasteiger partial charge in [-0.25, -0.2) is 0 Å². The zero-order chi connectivity index (χ0) is 26.5. The van der Waals surface area contributed by atoms with Gasteiger partial charge in [0.15, 0.2) is 0 Å². The van der Waals surface area contributed by atoms with E-state index in [0.29, 0.717) is 16.9 Å². The Morgan fingerprint density at radius 1 is 0.838 bits per heavy atom. The first kappa shape index (κ1) is 29.6. The molecule has 3 N–H and O–H groups in total. The van der Waals surface area contributed by atoms with Gasteiger partial charge >= 0.3 is 0 Å². The Morgan fingerprint density at radius 2 is 1.59 bits per heavy atom. The molecule has 0 amide bonds. The van der Waals surface area contributed by atoms with Crippen LogP contribution in [0.5, 0.6) is 0 Å². The lowest BCUT2D eigenvalue weighted by atomic mass is 9.46. The van der Waals surface area contributed by atoms with Crippen molar-refractivity contribution < 1.29 is 0 Å². The van der Waals surface area contributed by atoms with Crippen molar-refractivity contribution in [2.45, 2.75) is 150 Å². The largest absolute Gasteiger partial charge is 0.330 e. The van der Waals surface area contributed by atoms with Crippen LogP contribution in [0.1, 0.15) is 144 Å². The maximum atomic E-state index is 5.62. The number of unbranched alkanes of at least 4 members (excludes halogenated alkanes) is 5. The van der Waals surface area contributed by atoms with Gasteiger partial charge in [0, 0.05) is 6.04 Å². The molecule has 4 rings (SSSR count). The second-order valence-electron chi connectivity index (χ2n) is 15.1. The van der Waals surface area contributed by atoms with Crippen LogP contribution in [0, 0.1) is 46.3 Å². The fourth-order valence-corrected chi connectivity index (χ4v) is 10.2. The molecule has 0 aromatic carbocycles. The normalized spacial score (nSPS) is 38.1. The molecule has 4 aliphatic carbocycles. The molecule has 2 nitrogen and oxygen atoms in total. The fraction of sp³-hybridized carbons (Fsp3) is 0.943. The van der Waals surface area contributed by atoms with E-state index in [2.05, 4.69) is 46.0 Å². The number of nitrogens with two attached hydrogens (primary N) is 1. The molecule has 0 spiro atoms. The van der Waals surface area contributed by atoms with Crippen LogP contribution in [-0.4, -0.2) is 19.1 Å². The molecule has 0 aliphatic heterocycles. The van der Waals surface area contributed by atoms with Crippen molar-refractivity contribution >= 4 is 0 Å². The standard InChI is InChI=1S/C35H64N2/c1-26(2)13-12-14-27(3)31-17-18-32-30-16-15-28-25-29(37-24-11-9-7-6-8-10-23-36)19-21-34(28,4)33(30)20-22-35(31,32)5/h25-27,29-33,37H,6-24,36H2,1-5H3/t27-,29+,30+,31-,32+,33+,34+,35-/m1/s1. The van der Waals surface area contributed by atoms with Gasteiger partial charge in [0.1, 0.15) is 0 Å². The highest BCUT2D eigenvalue weighted by atomic mass is 14.9. The minimum absolute atomic E-state index is 0.492. The maximum absolute atomic E-state index is 5.62. The smallest absolute Gasteiger partial charge is 0.0253 e. The Balaban J connectivity index is 1.29. The summed E-state index contributed by atoms with van der Waals surface area (Å²) in [6.07, 6.45) is 26.7. The topological polar surface area (TPSA) is 38.0 Å². The molecule has 0 aromatic heterocycles. The minimum atomic E-state index is 0.492. The van der Waals surface area contributed by atoms with Crippen molar-refractivity contribution in [3.63, 3.8) is 0 Å². The number of rotatable bonds is 14. The van der Waals surface area contributed by atoms with E-state index in [1.165, 1.54) is 116 Å². The van der Waals surface area contributed by atoms with Crippen LogP contribution in [0.15, 0.2) is 11.6 Å². The molecule has 0 unspecified atom stereocenters. The third kappa shape index (κ3) is 6.70. The van der Waals surface area contributed by atoms with Crippen molar-refractivity contribution in [1.82, 2.24) is 5.32 Å². The van der Waals surface area contributed by atoms with Gasteiger partial charge in [-0.05, 0) is 124 Å². The van der Waals surface area contributed by atoms with Gasteiger partial charge in [0.05, 0.1) is 0 Å². The third-order valence-electron chi connectivity index (χ3n) is 12.4. The summed E-state index contributed by atoms with van der Waals surface area (Å²) in [5.41, 5.74) is 8.58. The van der Waals surface area contributed by atoms with Gasteiger partial charge in [-0.15, -0.1) is 0 Å². The number of nitrogens with one attached hydrogen (secondary N) is 1. The van der Waals surface area contributed by atoms with E-state index >= 15 is 0 Å². The molecule has 0 radical (unpaired) electrons. The first-order valence-corrected chi connectivity index (χ1v) is 16.9. The molecule has 0 saturated heterocycles. The molecule has 2 heteroatoms. The van der Waals surface area contributed by atoms with Gasteiger partial charge in [-0.1, -0.05) is 91.2 Å². The number of hydrogen-bond acceptors (Lipinski definition) is 2. The highest BCUT2D eigenvalue weighted by molar-refractivity contribution is 5.26. The minimum Gasteiger partial charge on any atom is -0.330 e. The Kier molecular flexibility index (Phi) is 10.7. The number of fused-ring (bicyclic) bond motifs is 5. The van der Waals surface area contributed by atoms with Gasteiger partial charge in [-0.3, -0.25) is 0 Å². The SMILES string of the molecule is CC(C)CCC[C@@H](C)[C@H]1CC[C@H]2[C@@H]3CCC4=C[C@@H](NCCCCCCCCN)CC[C@]4(C)[C@H]3CC[C@]12C. The van der Waals surface area contributed by atoms with Crippen LogP contribution in [0.3, 0.4) is 0 Å². The molecule has 214 valence electrons.